The van der Waals surface area contributed by atoms with Crippen molar-refractivity contribution >= 4 is 21.8 Å². The van der Waals surface area contributed by atoms with Gasteiger partial charge in [0, 0.05) is 18.8 Å². The Morgan fingerprint density at radius 2 is 1.90 bits per heavy atom. The van der Waals surface area contributed by atoms with Crippen LogP contribution in [0.2, 0.25) is 0 Å². The van der Waals surface area contributed by atoms with Gasteiger partial charge in [0.1, 0.15) is 6.33 Å². The predicted molar refractivity (Wildman–Crippen MR) is 79.9 cm³/mol. The molecule has 0 spiro atoms. The summed E-state index contributed by atoms with van der Waals surface area (Å²) in [6.45, 7) is 1.16. The van der Waals surface area contributed by atoms with E-state index in [1.165, 1.54) is 11.0 Å². The third-order valence-corrected chi connectivity index (χ3v) is 6.23. The third kappa shape index (κ3) is 3.09. The van der Waals surface area contributed by atoms with Crippen molar-refractivity contribution in [3.05, 3.63) is 30.6 Å². The van der Waals surface area contributed by atoms with Crippen LogP contribution in [0.25, 0.3) is 5.69 Å². The van der Waals surface area contributed by atoms with Gasteiger partial charge in [-0.25, -0.2) is 13.1 Å². The van der Waals surface area contributed by atoms with E-state index in [0.717, 1.165) is 23.6 Å². The number of hydrogen-bond donors (Lipinski definition) is 0. The van der Waals surface area contributed by atoms with Gasteiger partial charge in [-0.15, -0.1) is 5.10 Å². The minimum Gasteiger partial charge on any atom is -0.207 e. The molecule has 2 aromatic rings. The summed E-state index contributed by atoms with van der Waals surface area (Å²) in [4.78, 5) is 0.311. The van der Waals surface area contributed by atoms with Gasteiger partial charge in [-0.3, -0.25) is 0 Å². The molecule has 0 aliphatic carbocycles. The number of sulfonamides is 1. The standard InChI is InChI=1S/C12H15N5O2S2/c18-21(19,16-6-1-8-20-9-7-16)12-4-2-11(3-5-12)17-10-13-14-15-17/h2-5,10H,1,6-9H2. The molecule has 1 aliphatic rings. The Kier molecular flexibility index (Phi) is 4.22. The molecule has 7 nitrogen and oxygen atoms in total. The van der Waals surface area contributed by atoms with Crippen molar-refractivity contribution in [1.82, 2.24) is 24.5 Å². The predicted octanol–water partition coefficient (Wildman–Crippen LogP) is 0.790. The van der Waals surface area contributed by atoms with Crippen LogP contribution in [0.4, 0.5) is 0 Å². The number of aromatic nitrogens is 4. The molecule has 1 aliphatic heterocycles. The Morgan fingerprint density at radius 3 is 2.62 bits per heavy atom. The second kappa shape index (κ2) is 6.12. The normalized spacial score (nSPS) is 17.5. The highest BCUT2D eigenvalue weighted by Gasteiger charge is 2.25. The molecule has 112 valence electrons. The van der Waals surface area contributed by atoms with Crippen molar-refractivity contribution in [2.45, 2.75) is 11.3 Å². The maximum atomic E-state index is 12.6. The first-order chi connectivity index (χ1) is 10.2. The lowest BCUT2D eigenvalue weighted by molar-refractivity contribution is 0.435. The maximum absolute atomic E-state index is 12.6. The number of rotatable bonds is 3. The molecule has 0 bridgehead atoms. The van der Waals surface area contributed by atoms with Gasteiger partial charge in [0.25, 0.3) is 0 Å². The van der Waals surface area contributed by atoms with E-state index in [1.54, 1.807) is 40.3 Å². The quantitative estimate of drug-likeness (QED) is 0.830. The fraction of sp³-hybridized carbons (Fsp3) is 0.417. The van der Waals surface area contributed by atoms with Crippen LogP contribution in [0, 0.1) is 0 Å². The van der Waals surface area contributed by atoms with Crippen molar-refractivity contribution < 1.29 is 8.42 Å². The molecule has 0 saturated carbocycles. The minimum absolute atomic E-state index is 0.311. The summed E-state index contributed by atoms with van der Waals surface area (Å²) in [6, 6.07) is 6.61. The van der Waals surface area contributed by atoms with E-state index in [4.69, 9.17) is 0 Å². The number of nitrogens with zero attached hydrogens (tertiary/aromatic N) is 5. The average molecular weight is 325 g/mol. The molecule has 0 amide bonds. The van der Waals surface area contributed by atoms with Gasteiger partial charge >= 0.3 is 0 Å². The van der Waals surface area contributed by atoms with Crippen LogP contribution in [0.3, 0.4) is 0 Å². The highest BCUT2D eigenvalue weighted by Crippen LogP contribution is 2.20. The number of thioether (sulfide) groups is 1. The van der Waals surface area contributed by atoms with Gasteiger partial charge in [-0.05, 0) is 46.9 Å². The van der Waals surface area contributed by atoms with Gasteiger partial charge in [0.05, 0.1) is 10.6 Å². The van der Waals surface area contributed by atoms with Gasteiger partial charge in [0.2, 0.25) is 10.0 Å². The Labute approximate surface area is 127 Å². The molecule has 1 aromatic heterocycles. The lowest BCUT2D eigenvalue weighted by atomic mass is 10.3. The topological polar surface area (TPSA) is 81.0 Å². The summed E-state index contributed by atoms with van der Waals surface area (Å²) in [5.74, 6) is 1.87. The molecule has 9 heteroatoms. The SMILES string of the molecule is O=S(=O)(c1ccc(-n2cnnn2)cc1)N1CCCSCC1. The molecule has 1 aromatic carbocycles. The maximum Gasteiger partial charge on any atom is 0.243 e. The van der Waals surface area contributed by atoms with Gasteiger partial charge in [-0.1, -0.05) is 0 Å². The van der Waals surface area contributed by atoms with Crippen LogP contribution in [0.15, 0.2) is 35.5 Å². The van der Waals surface area contributed by atoms with Crippen LogP contribution in [0.5, 0.6) is 0 Å². The lowest BCUT2D eigenvalue weighted by Gasteiger charge is -2.19. The summed E-state index contributed by atoms with van der Waals surface area (Å²) in [6.07, 6.45) is 2.36. The van der Waals surface area contributed by atoms with Gasteiger partial charge < -0.3 is 0 Å². The van der Waals surface area contributed by atoms with Crippen LogP contribution >= 0.6 is 11.8 Å². The minimum atomic E-state index is -3.41. The lowest BCUT2D eigenvalue weighted by Crippen LogP contribution is -2.33. The summed E-state index contributed by atoms with van der Waals surface area (Å²) in [5.41, 5.74) is 0.727. The summed E-state index contributed by atoms with van der Waals surface area (Å²) >= 11 is 1.80. The Bertz CT molecular complexity index is 677. The molecule has 0 unspecified atom stereocenters. The van der Waals surface area contributed by atoms with Gasteiger partial charge in [0.15, 0.2) is 0 Å². The third-order valence-electron chi connectivity index (χ3n) is 3.27. The summed E-state index contributed by atoms with van der Waals surface area (Å²) in [7, 11) is -3.41. The molecule has 0 radical (unpaired) electrons. The average Bonchev–Trinajstić information content (AvgIpc) is 2.89. The van der Waals surface area contributed by atoms with E-state index in [0.29, 0.717) is 18.0 Å². The Balaban J connectivity index is 1.85. The highest BCUT2D eigenvalue weighted by atomic mass is 32.2. The Morgan fingerprint density at radius 1 is 1.10 bits per heavy atom. The summed E-state index contributed by atoms with van der Waals surface area (Å²) in [5, 5.41) is 10.9. The Hall–Kier alpha value is -1.45. The van der Waals surface area contributed by atoms with E-state index < -0.39 is 10.0 Å². The van der Waals surface area contributed by atoms with Crippen LogP contribution in [0.1, 0.15) is 6.42 Å². The van der Waals surface area contributed by atoms with E-state index >= 15 is 0 Å². The molecule has 0 N–H and O–H groups in total. The van der Waals surface area contributed by atoms with E-state index in [1.807, 2.05) is 0 Å². The van der Waals surface area contributed by atoms with Crippen LogP contribution in [-0.2, 0) is 10.0 Å². The first kappa shape index (κ1) is 14.5. The number of benzene rings is 1. The fourth-order valence-corrected chi connectivity index (χ4v) is 4.64. The van der Waals surface area contributed by atoms with Crippen LogP contribution < -0.4 is 0 Å². The molecule has 1 saturated heterocycles. The second-order valence-electron chi connectivity index (χ2n) is 4.62. The monoisotopic (exact) mass is 325 g/mol. The first-order valence-corrected chi connectivity index (χ1v) is 9.19. The van der Waals surface area contributed by atoms with Crippen molar-refractivity contribution in [1.29, 1.82) is 0 Å². The van der Waals surface area contributed by atoms with Crippen molar-refractivity contribution in [2.75, 3.05) is 24.6 Å². The van der Waals surface area contributed by atoms with Gasteiger partial charge in [-0.2, -0.15) is 16.1 Å². The zero-order valence-corrected chi connectivity index (χ0v) is 12.9. The van der Waals surface area contributed by atoms with E-state index in [2.05, 4.69) is 15.5 Å². The zero-order valence-electron chi connectivity index (χ0n) is 11.3. The smallest absolute Gasteiger partial charge is 0.207 e. The molecule has 21 heavy (non-hydrogen) atoms. The molecule has 2 heterocycles. The van der Waals surface area contributed by atoms with Crippen molar-refractivity contribution in [3.8, 4) is 5.69 Å². The molecule has 3 rings (SSSR count). The highest BCUT2D eigenvalue weighted by molar-refractivity contribution is 7.99. The molecule has 0 atom stereocenters. The summed E-state index contributed by atoms with van der Waals surface area (Å²) < 4.78 is 28.3. The van der Waals surface area contributed by atoms with E-state index in [-0.39, 0.29) is 0 Å². The zero-order chi connectivity index (χ0) is 14.7. The second-order valence-corrected chi connectivity index (χ2v) is 7.78. The molecular formula is C12H15N5O2S2. The van der Waals surface area contributed by atoms with E-state index in [9.17, 15) is 8.42 Å². The fourth-order valence-electron chi connectivity index (χ4n) is 2.16. The van der Waals surface area contributed by atoms with Crippen molar-refractivity contribution in [2.24, 2.45) is 0 Å². The first-order valence-electron chi connectivity index (χ1n) is 6.59. The number of hydrogen-bond acceptors (Lipinski definition) is 6. The van der Waals surface area contributed by atoms with Crippen molar-refractivity contribution in [3.63, 3.8) is 0 Å². The molecule has 1 fully saturated rings. The number of tetrazole rings is 1. The van der Waals surface area contributed by atoms with Crippen LogP contribution in [-0.4, -0.2) is 57.5 Å². The molecular weight excluding hydrogens is 310 g/mol. The largest absolute Gasteiger partial charge is 0.243 e.